The van der Waals surface area contributed by atoms with Crippen molar-refractivity contribution < 1.29 is 4.74 Å². The summed E-state index contributed by atoms with van der Waals surface area (Å²) in [6, 6.07) is 16.3. The van der Waals surface area contributed by atoms with Crippen molar-refractivity contribution in [2.45, 2.75) is 91.0 Å². The van der Waals surface area contributed by atoms with Crippen LogP contribution >= 0.6 is 17.0 Å². The summed E-state index contributed by atoms with van der Waals surface area (Å²) >= 11 is 0. The molecule has 0 saturated carbocycles. The average Bonchev–Trinajstić information content (AvgIpc) is 2.78. The highest BCUT2D eigenvalue weighted by molar-refractivity contribution is 8.93. The number of unbranched alkanes of at least 4 members (excludes halogenated alkanes) is 6. The first-order chi connectivity index (χ1) is 15.5. The molecule has 0 amide bonds. The van der Waals surface area contributed by atoms with Crippen LogP contribution in [0.5, 0.6) is 5.75 Å². The second kappa shape index (κ2) is 16.8. The lowest BCUT2D eigenvalue weighted by Gasteiger charge is -2.20. The Labute approximate surface area is 212 Å². The zero-order chi connectivity index (χ0) is 23.1. The summed E-state index contributed by atoms with van der Waals surface area (Å²) < 4.78 is 5.83. The van der Waals surface area contributed by atoms with Crippen molar-refractivity contribution in [3.63, 3.8) is 0 Å². The minimum Gasteiger partial charge on any atom is -0.494 e. The van der Waals surface area contributed by atoms with Gasteiger partial charge in [-0.15, -0.1) is 17.0 Å². The first-order valence-electron chi connectivity index (χ1n) is 12.4. The van der Waals surface area contributed by atoms with Crippen LogP contribution in [0.4, 0.5) is 11.4 Å². The summed E-state index contributed by atoms with van der Waals surface area (Å²) in [6.45, 7) is 10.6. The molecule has 0 unspecified atom stereocenters. The molecule has 0 fully saturated rings. The van der Waals surface area contributed by atoms with Crippen LogP contribution in [-0.2, 0) is 6.42 Å². The first-order valence-corrected chi connectivity index (χ1v) is 12.4. The fourth-order valence-corrected chi connectivity index (χ4v) is 3.44. The Balaban J connectivity index is 0.00000544. The fraction of sp³-hybridized carbons (Fsp3) is 0.571. The van der Waals surface area contributed by atoms with Crippen LogP contribution in [0, 0.1) is 0 Å². The van der Waals surface area contributed by atoms with Gasteiger partial charge in [0.05, 0.1) is 18.0 Å². The van der Waals surface area contributed by atoms with Crippen LogP contribution in [0.3, 0.4) is 0 Å². The molecule has 1 N–H and O–H groups in total. The van der Waals surface area contributed by atoms with E-state index in [1.165, 1.54) is 44.1 Å². The van der Waals surface area contributed by atoms with Crippen LogP contribution in [0.25, 0.3) is 0 Å². The van der Waals surface area contributed by atoms with Crippen LogP contribution in [0.1, 0.15) is 84.6 Å². The highest BCUT2D eigenvalue weighted by Crippen LogP contribution is 2.22. The van der Waals surface area contributed by atoms with Crippen molar-refractivity contribution >= 4 is 28.4 Å². The largest absolute Gasteiger partial charge is 0.494 e. The first kappa shape index (κ1) is 29.3. The quantitative estimate of drug-likeness (QED) is 0.189. The molecule has 0 saturated heterocycles. The number of azo groups is 1. The highest BCUT2D eigenvalue weighted by Gasteiger charge is 2.07. The van der Waals surface area contributed by atoms with Crippen molar-refractivity contribution in [1.82, 2.24) is 5.32 Å². The zero-order valence-corrected chi connectivity index (χ0v) is 22.8. The molecule has 0 radical (unpaired) electrons. The van der Waals surface area contributed by atoms with E-state index in [0.717, 1.165) is 49.5 Å². The molecule has 33 heavy (non-hydrogen) atoms. The van der Waals surface area contributed by atoms with Gasteiger partial charge in [0.2, 0.25) is 0 Å². The molecule has 0 aromatic heterocycles. The van der Waals surface area contributed by atoms with E-state index in [9.17, 15) is 0 Å². The SMILES string of the molecule is Br.CCCCCCCCc1ccc(N=Nc2ccc(OCCCCNC(C)(C)C)cc2)cc1. The maximum Gasteiger partial charge on any atom is 0.119 e. The van der Waals surface area contributed by atoms with E-state index < -0.39 is 0 Å². The van der Waals surface area contributed by atoms with E-state index in [-0.39, 0.29) is 22.5 Å². The van der Waals surface area contributed by atoms with E-state index in [1.807, 2.05) is 24.3 Å². The molecule has 0 spiro atoms. The molecule has 0 bridgehead atoms. The second-order valence-corrected chi connectivity index (χ2v) is 9.61. The highest BCUT2D eigenvalue weighted by atomic mass is 79.9. The van der Waals surface area contributed by atoms with E-state index in [0.29, 0.717) is 0 Å². The molecule has 0 heterocycles. The van der Waals surface area contributed by atoms with Gasteiger partial charge in [-0.1, -0.05) is 51.2 Å². The molecule has 2 aromatic rings. The van der Waals surface area contributed by atoms with Gasteiger partial charge in [0.1, 0.15) is 5.75 Å². The molecule has 4 nitrogen and oxygen atoms in total. The number of halogens is 1. The number of hydrogen-bond acceptors (Lipinski definition) is 4. The van der Waals surface area contributed by atoms with Gasteiger partial charge >= 0.3 is 0 Å². The molecule has 5 heteroatoms. The molecule has 0 atom stereocenters. The Morgan fingerprint density at radius 3 is 1.91 bits per heavy atom. The van der Waals surface area contributed by atoms with Crippen LogP contribution < -0.4 is 10.1 Å². The summed E-state index contributed by atoms with van der Waals surface area (Å²) in [5, 5.41) is 12.2. The Kier molecular flexibility index (Phi) is 14.9. The molecule has 2 aromatic carbocycles. The zero-order valence-electron chi connectivity index (χ0n) is 21.1. The summed E-state index contributed by atoms with van der Waals surface area (Å²) in [7, 11) is 0. The van der Waals surface area contributed by atoms with Crippen LogP contribution in [0.15, 0.2) is 58.8 Å². The summed E-state index contributed by atoms with van der Waals surface area (Å²) in [4.78, 5) is 0. The summed E-state index contributed by atoms with van der Waals surface area (Å²) in [5.74, 6) is 0.881. The van der Waals surface area contributed by atoms with Gasteiger partial charge < -0.3 is 10.1 Å². The van der Waals surface area contributed by atoms with Crippen molar-refractivity contribution in [1.29, 1.82) is 0 Å². The maximum atomic E-state index is 5.83. The number of ether oxygens (including phenoxy) is 1. The summed E-state index contributed by atoms with van der Waals surface area (Å²) in [5.41, 5.74) is 3.29. The van der Waals surface area contributed by atoms with E-state index in [2.05, 4.69) is 67.5 Å². The predicted octanol–water partition coefficient (Wildman–Crippen LogP) is 9.13. The van der Waals surface area contributed by atoms with E-state index in [4.69, 9.17) is 4.74 Å². The smallest absolute Gasteiger partial charge is 0.119 e. The predicted molar refractivity (Wildman–Crippen MR) is 147 cm³/mol. The number of aryl methyl sites for hydroxylation is 1. The van der Waals surface area contributed by atoms with Gasteiger partial charge in [0, 0.05) is 5.54 Å². The third kappa shape index (κ3) is 14.2. The van der Waals surface area contributed by atoms with Gasteiger partial charge in [-0.3, -0.25) is 0 Å². The van der Waals surface area contributed by atoms with Crippen LogP contribution in [0.2, 0.25) is 0 Å². The number of benzene rings is 2. The monoisotopic (exact) mass is 517 g/mol. The maximum absolute atomic E-state index is 5.83. The molecule has 0 aliphatic rings. The lowest BCUT2D eigenvalue weighted by atomic mass is 10.0. The Bertz CT molecular complexity index is 767. The van der Waals surface area contributed by atoms with Gasteiger partial charge in [-0.25, -0.2) is 0 Å². The van der Waals surface area contributed by atoms with Gasteiger partial charge in [-0.2, -0.15) is 10.2 Å². The van der Waals surface area contributed by atoms with E-state index in [1.54, 1.807) is 0 Å². The van der Waals surface area contributed by atoms with Gasteiger partial charge in [0.15, 0.2) is 0 Å². The topological polar surface area (TPSA) is 46.0 Å². The minimum atomic E-state index is 0. The molecular formula is C28H44BrN3O. The third-order valence-electron chi connectivity index (χ3n) is 5.37. The fourth-order valence-electron chi connectivity index (χ4n) is 3.44. The van der Waals surface area contributed by atoms with Crippen molar-refractivity contribution in [3.8, 4) is 5.75 Å². The molecule has 2 rings (SSSR count). The van der Waals surface area contributed by atoms with Gasteiger partial charge in [-0.05, 0) is 95.0 Å². The number of rotatable bonds is 15. The summed E-state index contributed by atoms with van der Waals surface area (Å²) in [6.07, 6.45) is 11.3. The minimum absolute atomic E-state index is 0. The third-order valence-corrected chi connectivity index (χ3v) is 5.37. The van der Waals surface area contributed by atoms with Gasteiger partial charge in [0.25, 0.3) is 0 Å². The number of hydrogen-bond donors (Lipinski definition) is 1. The molecule has 0 aliphatic carbocycles. The Morgan fingerprint density at radius 2 is 1.30 bits per heavy atom. The number of nitrogens with zero attached hydrogens (tertiary/aromatic N) is 2. The second-order valence-electron chi connectivity index (χ2n) is 9.61. The standard InChI is InChI=1S/C28H43N3O.BrH/c1-5-6-7-8-9-10-13-24-14-16-25(17-15-24)30-31-26-18-20-27(21-19-26)32-23-12-11-22-29-28(2,3)4;/h14-21,29H,5-13,22-23H2,1-4H3;1H. The van der Waals surface area contributed by atoms with Crippen LogP contribution in [-0.4, -0.2) is 18.7 Å². The lowest BCUT2D eigenvalue weighted by Crippen LogP contribution is -2.36. The van der Waals surface area contributed by atoms with Crippen molar-refractivity contribution in [2.75, 3.05) is 13.2 Å². The molecule has 184 valence electrons. The Morgan fingerprint density at radius 1 is 0.727 bits per heavy atom. The normalized spacial score (nSPS) is 11.5. The molecular weight excluding hydrogens is 474 g/mol. The lowest BCUT2D eigenvalue weighted by molar-refractivity contribution is 0.301. The van der Waals surface area contributed by atoms with E-state index >= 15 is 0 Å². The van der Waals surface area contributed by atoms with Crippen molar-refractivity contribution in [3.05, 3.63) is 54.1 Å². The average molecular weight is 519 g/mol. The van der Waals surface area contributed by atoms with Crippen molar-refractivity contribution in [2.24, 2.45) is 10.2 Å². The Hall–Kier alpha value is -1.72. The number of nitrogens with one attached hydrogen (secondary N) is 1. The molecule has 0 aliphatic heterocycles.